The van der Waals surface area contributed by atoms with E-state index in [1.807, 2.05) is 0 Å². The van der Waals surface area contributed by atoms with Crippen LogP contribution in [-0.2, 0) is 19.1 Å². The fourth-order valence-corrected chi connectivity index (χ4v) is 3.97. The number of esters is 2. The second-order valence-electron chi connectivity index (χ2n) is 10.3. The number of carbonyl (C=O) groups is 2. The number of unbranched alkanes of at least 4 members (excludes halogenated alkanes) is 18. The minimum absolute atomic E-state index is 0. The molecule has 0 aliphatic heterocycles. The topological polar surface area (TPSA) is 52.6 Å². The third-order valence-electron chi connectivity index (χ3n) is 6.49. The summed E-state index contributed by atoms with van der Waals surface area (Å²) >= 11 is 0. The maximum atomic E-state index is 11.3. The molecule has 6 heteroatoms. The average Bonchev–Trinajstić information content (AvgIpc) is 2.87. The van der Waals surface area contributed by atoms with E-state index < -0.39 is 0 Å². The van der Waals surface area contributed by atoms with Gasteiger partial charge in [0.05, 0.1) is 13.2 Å². The average molecular weight is 750 g/mol. The number of rotatable bonds is 26. The number of carbonyl (C=O) groups excluding carboxylic acids is 2. The van der Waals surface area contributed by atoms with Gasteiger partial charge in [-0.05, 0) is 25.7 Å². The molecule has 0 saturated carbocycles. The van der Waals surface area contributed by atoms with E-state index in [2.05, 4.69) is 27.7 Å². The Morgan fingerprint density at radius 1 is 0.368 bits per heavy atom. The van der Waals surface area contributed by atoms with E-state index >= 15 is 0 Å². The van der Waals surface area contributed by atoms with E-state index in [0.29, 0.717) is 26.1 Å². The summed E-state index contributed by atoms with van der Waals surface area (Å²) in [5.74, 6) is -0.0159. The molecule has 224 valence electrons. The Morgan fingerprint density at radius 2 is 0.605 bits per heavy atom. The second-order valence-corrected chi connectivity index (χ2v) is 10.3. The number of hydrogen-bond acceptors (Lipinski definition) is 4. The first-order valence-electron chi connectivity index (χ1n) is 15.9. The minimum Gasteiger partial charge on any atom is -0.466 e. The van der Waals surface area contributed by atoms with Gasteiger partial charge in [0.25, 0.3) is 0 Å². The van der Waals surface area contributed by atoms with Crippen LogP contribution in [0, 0.1) is 0 Å². The quantitative estimate of drug-likeness (QED) is 0.0502. The fourth-order valence-electron chi connectivity index (χ4n) is 3.97. The molecule has 0 rings (SSSR count). The van der Waals surface area contributed by atoms with Gasteiger partial charge in [0.1, 0.15) is 0 Å². The van der Waals surface area contributed by atoms with Crippen LogP contribution in [0.5, 0.6) is 0 Å². The molecular weight excluding hydrogens is 686 g/mol. The summed E-state index contributed by atoms with van der Waals surface area (Å²) in [6.45, 7) is 9.92. The van der Waals surface area contributed by atoms with Crippen molar-refractivity contribution in [3.05, 3.63) is 0 Å². The van der Waals surface area contributed by atoms with Gasteiger partial charge in [-0.1, -0.05) is 143 Å². The largest absolute Gasteiger partial charge is 0.466 e. The Hall–Kier alpha value is 0.537. The molecule has 0 atom stereocenters. The van der Waals surface area contributed by atoms with Gasteiger partial charge in [-0.3, -0.25) is 9.59 Å². The van der Waals surface area contributed by atoms with E-state index in [9.17, 15) is 9.59 Å². The zero-order chi connectivity index (χ0) is 27.0. The number of hydrogen-bond donors (Lipinski definition) is 0. The maximum absolute atomic E-state index is 11.3. The van der Waals surface area contributed by atoms with Crippen molar-refractivity contribution in [2.75, 3.05) is 13.2 Å². The van der Waals surface area contributed by atoms with Crippen molar-refractivity contribution in [1.29, 1.82) is 0 Å². The zero-order valence-corrected chi connectivity index (χ0v) is 31.7. The first-order chi connectivity index (χ1) is 17.6. The molecule has 0 fully saturated rings. The van der Waals surface area contributed by atoms with Gasteiger partial charge in [-0.25, -0.2) is 0 Å². The summed E-state index contributed by atoms with van der Waals surface area (Å²) in [5, 5.41) is 0. The van der Waals surface area contributed by atoms with Crippen molar-refractivity contribution in [2.24, 2.45) is 0 Å². The molecule has 0 aromatic heterocycles. The first-order valence-corrected chi connectivity index (χ1v) is 15.9. The Kier molecular flexibility index (Phi) is 50.3. The van der Waals surface area contributed by atoms with Gasteiger partial charge >= 0.3 is 11.9 Å². The predicted molar refractivity (Wildman–Crippen MR) is 167 cm³/mol. The predicted octanol–water partition coefficient (Wildman–Crippen LogP) is 9.74. The molecule has 0 heterocycles. The molecule has 4 nitrogen and oxygen atoms in total. The number of ether oxygens (including phenoxy) is 2. The van der Waals surface area contributed by atoms with Crippen molar-refractivity contribution in [3.63, 3.8) is 0 Å². The zero-order valence-electron chi connectivity index (χ0n) is 26.0. The van der Waals surface area contributed by atoms with Crippen molar-refractivity contribution < 1.29 is 19.1 Å². The van der Waals surface area contributed by atoms with Gasteiger partial charge in [0, 0.05) is 60.7 Å². The molecule has 0 aliphatic carbocycles. The summed E-state index contributed by atoms with van der Waals surface area (Å²) in [6, 6.07) is 0. The molecule has 0 unspecified atom stereocenters. The molecule has 0 saturated heterocycles. The summed E-state index contributed by atoms with van der Waals surface area (Å²) in [4.78, 5) is 22.6. The van der Waals surface area contributed by atoms with Crippen molar-refractivity contribution >= 4 is 59.8 Å². The normalized spacial score (nSPS) is 10.0. The fraction of sp³-hybridized carbons (Fsp3) is 0.938. The van der Waals surface area contributed by atoms with Crippen LogP contribution < -0.4 is 0 Å². The molecule has 0 aliphatic rings. The standard InChI is InChI=1S/2C16H32O2.2Sn/c2*1-3-5-7-8-9-10-11-12-13-14-16(17)18-15-6-4-2;;/h2*3-15H2,1-2H3;;. The van der Waals surface area contributed by atoms with Crippen LogP contribution in [0.15, 0.2) is 0 Å². The molecule has 0 bridgehead atoms. The van der Waals surface area contributed by atoms with Crippen LogP contribution in [0.2, 0.25) is 0 Å². The van der Waals surface area contributed by atoms with Crippen LogP contribution in [0.25, 0.3) is 0 Å². The van der Waals surface area contributed by atoms with E-state index in [1.54, 1.807) is 0 Å². The molecule has 0 spiro atoms. The van der Waals surface area contributed by atoms with Crippen LogP contribution in [-0.4, -0.2) is 73.0 Å². The van der Waals surface area contributed by atoms with Crippen LogP contribution >= 0.6 is 0 Å². The molecule has 0 aromatic rings. The van der Waals surface area contributed by atoms with Crippen molar-refractivity contribution in [2.45, 2.75) is 182 Å². The molecule has 0 amide bonds. The SMILES string of the molecule is CCCCCCCCCCCC(=O)OCCCC.CCCCCCCCCCCC(=O)OCCCC.[Sn].[Sn]. The summed E-state index contributed by atoms with van der Waals surface area (Å²) < 4.78 is 10.2. The van der Waals surface area contributed by atoms with Crippen LogP contribution in [0.4, 0.5) is 0 Å². The Balaban J connectivity index is -0.000000289. The maximum Gasteiger partial charge on any atom is 0.305 e. The van der Waals surface area contributed by atoms with Crippen LogP contribution in [0.3, 0.4) is 0 Å². The Morgan fingerprint density at radius 3 is 0.868 bits per heavy atom. The monoisotopic (exact) mass is 752 g/mol. The molecule has 8 radical (unpaired) electrons. The van der Waals surface area contributed by atoms with Gasteiger partial charge in [0.2, 0.25) is 0 Å². The first kappa shape index (κ1) is 45.5. The molecule has 0 N–H and O–H groups in total. The van der Waals surface area contributed by atoms with Gasteiger partial charge < -0.3 is 9.47 Å². The van der Waals surface area contributed by atoms with E-state index in [0.717, 1.165) is 38.5 Å². The van der Waals surface area contributed by atoms with Crippen molar-refractivity contribution in [1.82, 2.24) is 0 Å². The third kappa shape index (κ3) is 43.6. The van der Waals surface area contributed by atoms with Gasteiger partial charge in [-0.15, -0.1) is 0 Å². The van der Waals surface area contributed by atoms with E-state index in [1.165, 1.54) is 103 Å². The Labute approximate surface area is 272 Å². The van der Waals surface area contributed by atoms with Crippen molar-refractivity contribution in [3.8, 4) is 0 Å². The minimum atomic E-state index is -0.00797. The van der Waals surface area contributed by atoms with Gasteiger partial charge in [0.15, 0.2) is 0 Å². The summed E-state index contributed by atoms with van der Waals surface area (Å²) in [6.07, 6.45) is 28.6. The van der Waals surface area contributed by atoms with Gasteiger partial charge in [-0.2, -0.15) is 0 Å². The van der Waals surface area contributed by atoms with Crippen LogP contribution in [0.1, 0.15) is 182 Å². The molecule has 0 aromatic carbocycles. The third-order valence-corrected chi connectivity index (χ3v) is 6.49. The Bertz CT molecular complexity index is 407. The summed E-state index contributed by atoms with van der Waals surface area (Å²) in [5.41, 5.74) is 0. The second kappa shape index (κ2) is 42.0. The smallest absolute Gasteiger partial charge is 0.305 e. The molecule has 38 heavy (non-hydrogen) atoms. The summed E-state index contributed by atoms with van der Waals surface area (Å²) in [7, 11) is 0. The van der Waals surface area contributed by atoms with E-state index in [4.69, 9.17) is 9.47 Å². The molecular formula is C32H64O4Sn2. The van der Waals surface area contributed by atoms with E-state index in [-0.39, 0.29) is 59.8 Å².